The van der Waals surface area contributed by atoms with Crippen molar-refractivity contribution in [3.05, 3.63) is 58.9 Å². The van der Waals surface area contributed by atoms with Gasteiger partial charge in [0.15, 0.2) is 5.96 Å². The Morgan fingerprint density at radius 1 is 1.24 bits per heavy atom. The van der Waals surface area contributed by atoms with E-state index in [-0.39, 0.29) is 24.0 Å². The van der Waals surface area contributed by atoms with Crippen LogP contribution in [-0.2, 0) is 6.42 Å². The molecule has 0 atom stereocenters. The molecule has 2 rings (SSSR count). The molecule has 2 aromatic rings. The van der Waals surface area contributed by atoms with Crippen LogP contribution in [0.5, 0.6) is 0 Å². The van der Waals surface area contributed by atoms with E-state index < -0.39 is 0 Å². The number of nitrogens with zero attached hydrogens (tertiary/aromatic N) is 2. The highest BCUT2D eigenvalue weighted by atomic mass is 127. The van der Waals surface area contributed by atoms with Gasteiger partial charge in [-0.1, -0.05) is 35.4 Å². The van der Waals surface area contributed by atoms with E-state index >= 15 is 0 Å². The van der Waals surface area contributed by atoms with Gasteiger partial charge in [-0.3, -0.25) is 4.99 Å². The topological polar surface area (TPSA) is 63.3 Å². The number of hydrogen-bond donors (Lipinski definition) is 2. The Morgan fingerprint density at radius 3 is 2.57 bits per heavy atom. The van der Waals surface area contributed by atoms with Crippen molar-refractivity contribution >= 4 is 47.2 Å². The van der Waals surface area contributed by atoms with E-state index in [2.05, 4.69) is 15.3 Å². The molecule has 21 heavy (non-hydrogen) atoms. The first-order valence-corrected chi connectivity index (χ1v) is 6.75. The standard InChI is InChI=1S/C15H17ClN4.HI/c1-11-2-5-13(6-3-11)20-15(17)18-9-8-12-4-7-14(16)19-10-12;/h2-7,10H,8-9H2,1H3,(H3,17,18,20);1H. The normalized spacial score (nSPS) is 10.9. The summed E-state index contributed by atoms with van der Waals surface area (Å²) in [4.78, 5) is 8.31. The number of rotatable bonds is 4. The van der Waals surface area contributed by atoms with Gasteiger partial charge in [-0.15, -0.1) is 24.0 Å². The lowest BCUT2D eigenvalue weighted by atomic mass is 10.2. The summed E-state index contributed by atoms with van der Waals surface area (Å²) in [6.07, 6.45) is 2.53. The Morgan fingerprint density at radius 2 is 1.95 bits per heavy atom. The highest BCUT2D eigenvalue weighted by Crippen LogP contribution is 2.08. The molecule has 0 aliphatic heterocycles. The van der Waals surface area contributed by atoms with E-state index in [9.17, 15) is 0 Å². The predicted octanol–water partition coefficient (Wildman–Crippen LogP) is 3.63. The number of nitrogens with one attached hydrogen (secondary N) is 1. The van der Waals surface area contributed by atoms with Crippen LogP contribution in [0.2, 0.25) is 5.15 Å². The Hall–Kier alpha value is -1.34. The third-order valence-electron chi connectivity index (χ3n) is 2.80. The number of guanidine groups is 1. The fourth-order valence-electron chi connectivity index (χ4n) is 1.68. The van der Waals surface area contributed by atoms with Crippen molar-refractivity contribution in [1.82, 2.24) is 4.98 Å². The molecule has 0 bridgehead atoms. The molecule has 0 unspecified atom stereocenters. The molecule has 0 aliphatic rings. The molecule has 1 aromatic carbocycles. The van der Waals surface area contributed by atoms with Crippen molar-refractivity contribution in [3.63, 3.8) is 0 Å². The Kier molecular flexibility index (Phi) is 7.45. The quantitative estimate of drug-likeness (QED) is 0.346. The highest BCUT2D eigenvalue weighted by Gasteiger charge is 1.96. The third kappa shape index (κ3) is 6.31. The first-order chi connectivity index (χ1) is 9.63. The van der Waals surface area contributed by atoms with Crippen LogP contribution in [-0.4, -0.2) is 17.5 Å². The first kappa shape index (κ1) is 17.7. The monoisotopic (exact) mass is 416 g/mol. The average Bonchev–Trinajstić information content (AvgIpc) is 2.44. The minimum atomic E-state index is 0. The van der Waals surface area contributed by atoms with Crippen LogP contribution in [0.15, 0.2) is 47.6 Å². The fourth-order valence-corrected chi connectivity index (χ4v) is 1.80. The van der Waals surface area contributed by atoms with Crippen molar-refractivity contribution in [2.75, 3.05) is 11.9 Å². The third-order valence-corrected chi connectivity index (χ3v) is 3.02. The maximum atomic E-state index is 5.83. The lowest BCUT2D eigenvalue weighted by molar-refractivity contribution is 0.955. The number of hydrogen-bond acceptors (Lipinski definition) is 2. The molecule has 0 amide bonds. The van der Waals surface area contributed by atoms with Gasteiger partial charge >= 0.3 is 0 Å². The van der Waals surface area contributed by atoms with Gasteiger partial charge < -0.3 is 11.1 Å². The van der Waals surface area contributed by atoms with Gasteiger partial charge in [0.2, 0.25) is 0 Å². The lowest BCUT2D eigenvalue weighted by Gasteiger charge is -2.06. The number of aryl methyl sites for hydroxylation is 1. The van der Waals surface area contributed by atoms with Gasteiger partial charge in [0, 0.05) is 18.4 Å². The summed E-state index contributed by atoms with van der Waals surface area (Å²) in [7, 11) is 0. The maximum Gasteiger partial charge on any atom is 0.193 e. The molecular formula is C15H18ClIN4. The Balaban J connectivity index is 0.00000220. The zero-order valence-corrected chi connectivity index (χ0v) is 14.8. The summed E-state index contributed by atoms with van der Waals surface area (Å²) >= 11 is 5.73. The molecule has 4 nitrogen and oxygen atoms in total. The molecule has 112 valence electrons. The maximum absolute atomic E-state index is 5.83. The van der Waals surface area contributed by atoms with Crippen molar-refractivity contribution < 1.29 is 0 Å². The van der Waals surface area contributed by atoms with Gasteiger partial charge in [-0.25, -0.2) is 4.98 Å². The number of pyridine rings is 1. The van der Waals surface area contributed by atoms with Gasteiger partial charge in [0.05, 0.1) is 0 Å². The molecule has 1 heterocycles. The van der Waals surface area contributed by atoms with Crippen molar-refractivity contribution in [2.24, 2.45) is 10.7 Å². The van der Waals surface area contributed by atoms with Gasteiger partial charge in [-0.2, -0.15) is 0 Å². The first-order valence-electron chi connectivity index (χ1n) is 6.37. The second kappa shape index (κ2) is 8.84. The van der Waals surface area contributed by atoms with E-state index in [1.165, 1.54) is 5.56 Å². The van der Waals surface area contributed by atoms with Crippen LogP contribution >= 0.6 is 35.6 Å². The molecule has 6 heteroatoms. The predicted molar refractivity (Wildman–Crippen MR) is 99.7 cm³/mol. The molecule has 3 N–H and O–H groups in total. The second-order valence-electron chi connectivity index (χ2n) is 4.50. The molecule has 0 spiro atoms. The van der Waals surface area contributed by atoms with Crippen LogP contribution < -0.4 is 11.1 Å². The molecular weight excluding hydrogens is 399 g/mol. The Bertz CT molecular complexity index is 582. The highest BCUT2D eigenvalue weighted by molar-refractivity contribution is 14.0. The summed E-state index contributed by atoms with van der Waals surface area (Å²) in [6.45, 7) is 2.65. The Labute approximate surface area is 146 Å². The largest absolute Gasteiger partial charge is 0.370 e. The van der Waals surface area contributed by atoms with Gasteiger partial charge in [0.1, 0.15) is 5.15 Å². The number of aromatic nitrogens is 1. The second-order valence-corrected chi connectivity index (χ2v) is 4.88. The number of anilines is 1. The molecule has 0 fully saturated rings. The zero-order chi connectivity index (χ0) is 14.4. The SMILES string of the molecule is Cc1ccc(NC(N)=NCCc2ccc(Cl)nc2)cc1.I. The van der Waals surface area contributed by atoms with E-state index in [1.807, 2.05) is 37.3 Å². The molecule has 0 aliphatic carbocycles. The molecule has 1 aromatic heterocycles. The molecule has 0 saturated heterocycles. The number of benzene rings is 1. The van der Waals surface area contributed by atoms with E-state index in [0.29, 0.717) is 17.7 Å². The minimum absolute atomic E-state index is 0. The van der Waals surface area contributed by atoms with E-state index in [1.54, 1.807) is 12.3 Å². The molecule has 0 radical (unpaired) electrons. The summed E-state index contributed by atoms with van der Waals surface area (Å²) in [6, 6.07) is 11.7. The van der Waals surface area contributed by atoms with Gasteiger partial charge in [0.25, 0.3) is 0 Å². The lowest BCUT2D eigenvalue weighted by Crippen LogP contribution is -2.23. The van der Waals surface area contributed by atoms with Crippen molar-refractivity contribution in [3.8, 4) is 0 Å². The summed E-state index contributed by atoms with van der Waals surface area (Å²) in [5, 5.41) is 3.55. The van der Waals surface area contributed by atoms with Crippen LogP contribution in [0.3, 0.4) is 0 Å². The number of nitrogens with two attached hydrogens (primary N) is 1. The van der Waals surface area contributed by atoms with E-state index in [4.69, 9.17) is 17.3 Å². The fraction of sp³-hybridized carbons (Fsp3) is 0.200. The van der Waals surface area contributed by atoms with Crippen molar-refractivity contribution in [2.45, 2.75) is 13.3 Å². The van der Waals surface area contributed by atoms with Crippen LogP contribution in [0.4, 0.5) is 5.69 Å². The smallest absolute Gasteiger partial charge is 0.193 e. The minimum Gasteiger partial charge on any atom is -0.370 e. The number of aliphatic imine (C=N–C) groups is 1. The average molecular weight is 417 g/mol. The van der Waals surface area contributed by atoms with Gasteiger partial charge in [-0.05, 0) is 37.1 Å². The summed E-state index contributed by atoms with van der Waals surface area (Å²) in [5.41, 5.74) is 9.06. The summed E-state index contributed by atoms with van der Waals surface area (Å²) in [5.74, 6) is 0.413. The van der Waals surface area contributed by atoms with Crippen LogP contribution in [0.25, 0.3) is 0 Å². The number of halogens is 2. The zero-order valence-electron chi connectivity index (χ0n) is 11.7. The van der Waals surface area contributed by atoms with Crippen LogP contribution in [0, 0.1) is 6.92 Å². The molecule has 0 saturated carbocycles. The summed E-state index contributed by atoms with van der Waals surface area (Å²) < 4.78 is 0. The van der Waals surface area contributed by atoms with E-state index in [0.717, 1.165) is 17.7 Å². The van der Waals surface area contributed by atoms with Crippen molar-refractivity contribution in [1.29, 1.82) is 0 Å². The van der Waals surface area contributed by atoms with Crippen LogP contribution in [0.1, 0.15) is 11.1 Å².